The molecule has 0 spiro atoms. The predicted molar refractivity (Wildman–Crippen MR) is 103 cm³/mol. The number of carbonyl (C=O) groups is 1. The molecule has 1 aromatic carbocycles. The third-order valence-corrected chi connectivity index (χ3v) is 5.46. The van der Waals surface area contributed by atoms with Crippen LogP contribution in [0.5, 0.6) is 0 Å². The molecule has 0 saturated heterocycles. The molecule has 1 atom stereocenters. The van der Waals surface area contributed by atoms with Gasteiger partial charge in [-0.05, 0) is 61.9 Å². The summed E-state index contributed by atoms with van der Waals surface area (Å²) >= 11 is 6.02. The molecule has 2 aromatic rings. The van der Waals surface area contributed by atoms with E-state index >= 15 is 0 Å². The number of amides is 1. The first-order valence-electron chi connectivity index (χ1n) is 9.28. The maximum Gasteiger partial charge on any atom is 0.242 e. The summed E-state index contributed by atoms with van der Waals surface area (Å²) in [5, 5.41) is 6.97. The summed E-state index contributed by atoms with van der Waals surface area (Å²) in [4.78, 5) is 21.8. The number of halogens is 1. The van der Waals surface area contributed by atoms with Crippen LogP contribution in [0.25, 0.3) is 0 Å². The van der Waals surface area contributed by atoms with Crippen LogP contribution in [0.3, 0.4) is 0 Å². The number of fused-ring (bicyclic) bond motifs is 2. The highest BCUT2D eigenvalue weighted by atomic mass is 35.5. The molecule has 0 fully saturated rings. The van der Waals surface area contributed by atoms with Crippen LogP contribution in [0.1, 0.15) is 41.2 Å². The van der Waals surface area contributed by atoms with Gasteiger partial charge in [0.15, 0.2) is 0 Å². The minimum absolute atomic E-state index is 0.00649. The van der Waals surface area contributed by atoms with Crippen molar-refractivity contribution >= 4 is 23.2 Å². The number of aryl methyl sites for hydroxylation is 2. The summed E-state index contributed by atoms with van der Waals surface area (Å²) in [5.41, 5.74) is 5.71. The molecule has 1 aliphatic carbocycles. The molecular weight excluding hydrogens is 348 g/mol. The van der Waals surface area contributed by atoms with Gasteiger partial charge in [0.1, 0.15) is 11.9 Å². The molecule has 26 heavy (non-hydrogen) atoms. The standard InChI is InChI=1S/C20H23ClN4O/c1-12-15-4-2-3-5-17(15)25-19(23-12)8-9-22-20(26)18-11-13-10-14(21)6-7-16(13)24-18/h6-7,10,18,24H,2-5,8-9,11H2,1H3,(H,22,26)/t18-/m1/s1. The van der Waals surface area contributed by atoms with E-state index in [2.05, 4.69) is 22.5 Å². The van der Waals surface area contributed by atoms with Crippen molar-refractivity contribution in [3.8, 4) is 0 Å². The van der Waals surface area contributed by atoms with Crippen molar-refractivity contribution in [3.05, 3.63) is 51.6 Å². The maximum atomic E-state index is 12.4. The molecular formula is C20H23ClN4O. The van der Waals surface area contributed by atoms with Crippen LogP contribution in [0.2, 0.25) is 5.02 Å². The van der Waals surface area contributed by atoms with Gasteiger partial charge in [-0.3, -0.25) is 4.79 Å². The molecule has 2 heterocycles. The van der Waals surface area contributed by atoms with Crippen LogP contribution in [0.4, 0.5) is 5.69 Å². The molecule has 2 N–H and O–H groups in total. The van der Waals surface area contributed by atoms with E-state index < -0.39 is 0 Å². The van der Waals surface area contributed by atoms with Gasteiger partial charge in [-0.15, -0.1) is 0 Å². The first kappa shape index (κ1) is 17.3. The predicted octanol–water partition coefficient (Wildman–Crippen LogP) is 3.01. The fourth-order valence-electron chi connectivity index (χ4n) is 3.87. The Morgan fingerprint density at radius 2 is 2.15 bits per heavy atom. The third kappa shape index (κ3) is 3.54. The van der Waals surface area contributed by atoms with Gasteiger partial charge >= 0.3 is 0 Å². The average molecular weight is 371 g/mol. The first-order chi connectivity index (χ1) is 12.6. The molecule has 1 aliphatic heterocycles. The molecule has 5 nitrogen and oxygen atoms in total. The van der Waals surface area contributed by atoms with Crippen molar-refractivity contribution in [2.75, 3.05) is 11.9 Å². The lowest BCUT2D eigenvalue weighted by molar-refractivity contribution is -0.121. The summed E-state index contributed by atoms with van der Waals surface area (Å²) in [6.45, 7) is 2.62. The van der Waals surface area contributed by atoms with Gasteiger partial charge in [0.25, 0.3) is 0 Å². The fraction of sp³-hybridized carbons (Fsp3) is 0.450. The normalized spacial score (nSPS) is 18.0. The van der Waals surface area contributed by atoms with Crippen LogP contribution in [0, 0.1) is 6.92 Å². The first-order valence-corrected chi connectivity index (χ1v) is 9.66. The van der Waals surface area contributed by atoms with Crippen molar-refractivity contribution in [1.82, 2.24) is 15.3 Å². The molecule has 4 rings (SSSR count). The number of hydrogen-bond donors (Lipinski definition) is 2. The second kappa shape index (κ2) is 7.23. The van der Waals surface area contributed by atoms with Crippen LogP contribution in [-0.4, -0.2) is 28.5 Å². The highest BCUT2D eigenvalue weighted by Crippen LogP contribution is 2.28. The number of carbonyl (C=O) groups excluding carboxylic acids is 1. The number of nitrogens with one attached hydrogen (secondary N) is 2. The highest BCUT2D eigenvalue weighted by Gasteiger charge is 2.26. The largest absolute Gasteiger partial charge is 0.373 e. The van der Waals surface area contributed by atoms with Crippen molar-refractivity contribution in [2.45, 2.75) is 51.5 Å². The number of benzene rings is 1. The SMILES string of the molecule is Cc1nc(CCNC(=O)[C@H]2Cc3cc(Cl)ccc3N2)nc2c1CCCC2. The maximum absolute atomic E-state index is 12.4. The second-order valence-corrected chi connectivity index (χ2v) is 7.54. The Kier molecular flexibility index (Phi) is 4.81. The zero-order chi connectivity index (χ0) is 18.1. The molecule has 0 saturated carbocycles. The van der Waals surface area contributed by atoms with Gasteiger partial charge in [-0.1, -0.05) is 11.6 Å². The molecule has 1 amide bonds. The number of anilines is 1. The van der Waals surface area contributed by atoms with E-state index in [4.69, 9.17) is 16.6 Å². The highest BCUT2D eigenvalue weighted by molar-refractivity contribution is 6.30. The molecule has 0 radical (unpaired) electrons. The van der Waals surface area contributed by atoms with Crippen molar-refractivity contribution in [1.29, 1.82) is 0 Å². The Morgan fingerprint density at radius 1 is 1.31 bits per heavy atom. The Bertz CT molecular complexity index is 852. The number of nitrogens with zero attached hydrogens (tertiary/aromatic N) is 2. The van der Waals surface area contributed by atoms with Crippen LogP contribution < -0.4 is 10.6 Å². The second-order valence-electron chi connectivity index (χ2n) is 7.10. The monoisotopic (exact) mass is 370 g/mol. The van der Waals surface area contributed by atoms with Gasteiger partial charge in [0, 0.05) is 41.5 Å². The lowest BCUT2D eigenvalue weighted by atomic mass is 9.95. The molecule has 0 unspecified atom stereocenters. The minimum atomic E-state index is -0.241. The number of aromatic nitrogens is 2. The molecule has 0 bridgehead atoms. The average Bonchev–Trinajstić information content (AvgIpc) is 3.05. The summed E-state index contributed by atoms with van der Waals surface area (Å²) < 4.78 is 0. The number of hydrogen-bond acceptors (Lipinski definition) is 4. The van der Waals surface area contributed by atoms with E-state index in [1.165, 1.54) is 24.1 Å². The third-order valence-electron chi connectivity index (χ3n) is 5.22. The smallest absolute Gasteiger partial charge is 0.242 e. The minimum Gasteiger partial charge on any atom is -0.373 e. The van der Waals surface area contributed by atoms with Crippen molar-refractivity contribution in [3.63, 3.8) is 0 Å². The van der Waals surface area contributed by atoms with Crippen molar-refractivity contribution in [2.24, 2.45) is 0 Å². The molecule has 6 heteroatoms. The van der Waals surface area contributed by atoms with Gasteiger partial charge < -0.3 is 10.6 Å². The quantitative estimate of drug-likeness (QED) is 0.868. The Morgan fingerprint density at radius 3 is 3.04 bits per heavy atom. The topological polar surface area (TPSA) is 66.9 Å². The number of rotatable bonds is 4. The van der Waals surface area contributed by atoms with E-state index in [0.29, 0.717) is 24.4 Å². The Balaban J connectivity index is 1.33. The van der Waals surface area contributed by atoms with E-state index in [-0.39, 0.29) is 11.9 Å². The summed E-state index contributed by atoms with van der Waals surface area (Å²) in [5.74, 6) is 0.838. The summed E-state index contributed by atoms with van der Waals surface area (Å²) in [6.07, 6.45) is 5.90. The van der Waals surface area contributed by atoms with Crippen LogP contribution in [0.15, 0.2) is 18.2 Å². The summed E-state index contributed by atoms with van der Waals surface area (Å²) in [7, 11) is 0. The zero-order valence-electron chi connectivity index (χ0n) is 14.9. The van der Waals surface area contributed by atoms with Gasteiger partial charge in [-0.25, -0.2) is 9.97 Å². The Labute approximate surface area is 158 Å². The zero-order valence-corrected chi connectivity index (χ0v) is 15.7. The molecule has 136 valence electrons. The van der Waals surface area contributed by atoms with E-state index in [1.54, 1.807) is 0 Å². The van der Waals surface area contributed by atoms with E-state index in [0.717, 1.165) is 35.6 Å². The van der Waals surface area contributed by atoms with Crippen LogP contribution in [-0.2, 0) is 30.5 Å². The molecule has 2 aliphatic rings. The van der Waals surface area contributed by atoms with Gasteiger partial charge in [0.05, 0.1) is 0 Å². The molecule has 1 aromatic heterocycles. The fourth-order valence-corrected chi connectivity index (χ4v) is 4.06. The lowest BCUT2D eigenvalue weighted by Gasteiger charge is -2.17. The van der Waals surface area contributed by atoms with Gasteiger partial charge in [0.2, 0.25) is 5.91 Å². The van der Waals surface area contributed by atoms with Crippen LogP contribution >= 0.6 is 11.6 Å². The van der Waals surface area contributed by atoms with E-state index in [1.807, 2.05) is 18.2 Å². The van der Waals surface area contributed by atoms with Gasteiger partial charge in [-0.2, -0.15) is 0 Å². The van der Waals surface area contributed by atoms with Crippen molar-refractivity contribution < 1.29 is 4.79 Å². The Hall–Kier alpha value is -2.14. The summed E-state index contributed by atoms with van der Waals surface area (Å²) in [6, 6.07) is 5.44. The lowest BCUT2D eigenvalue weighted by Crippen LogP contribution is -2.39. The van der Waals surface area contributed by atoms with E-state index in [9.17, 15) is 4.79 Å².